The molecule has 2 fully saturated rings. The van der Waals surface area contributed by atoms with Crippen LogP contribution < -0.4 is 16.0 Å². The summed E-state index contributed by atoms with van der Waals surface area (Å²) in [7, 11) is 1.81. The van der Waals surface area contributed by atoms with E-state index >= 15 is 0 Å². The van der Waals surface area contributed by atoms with Crippen LogP contribution in [-0.2, 0) is 16.0 Å². The minimum absolute atomic E-state index is 0. The van der Waals surface area contributed by atoms with Gasteiger partial charge in [0.1, 0.15) is 0 Å². The monoisotopic (exact) mass is 554 g/mol. The summed E-state index contributed by atoms with van der Waals surface area (Å²) in [4.78, 5) is 16.8. The van der Waals surface area contributed by atoms with Crippen LogP contribution >= 0.6 is 24.0 Å². The molecule has 0 aromatic heterocycles. The molecule has 32 heavy (non-hydrogen) atoms. The summed E-state index contributed by atoms with van der Waals surface area (Å²) >= 11 is 0. The first kappa shape index (κ1) is 25.3. The second-order valence-electron chi connectivity index (χ2n) is 9.29. The summed E-state index contributed by atoms with van der Waals surface area (Å²) in [5.74, 6) is 1.21. The van der Waals surface area contributed by atoms with Crippen molar-refractivity contribution in [1.29, 1.82) is 0 Å². The van der Waals surface area contributed by atoms with Gasteiger partial charge in [0.15, 0.2) is 5.96 Å². The third-order valence-corrected chi connectivity index (χ3v) is 6.78. The Bertz CT molecular complexity index is 768. The number of hydrogen-bond donors (Lipinski definition) is 3. The Kier molecular flexibility index (Phi) is 10.1. The maximum absolute atomic E-state index is 12.4. The maximum atomic E-state index is 12.4. The van der Waals surface area contributed by atoms with Crippen molar-refractivity contribution in [2.45, 2.75) is 82.4 Å². The highest BCUT2D eigenvalue weighted by molar-refractivity contribution is 14.0. The first-order valence-electron chi connectivity index (χ1n) is 12.2. The zero-order chi connectivity index (χ0) is 21.5. The molecule has 0 spiro atoms. The van der Waals surface area contributed by atoms with E-state index in [4.69, 9.17) is 4.74 Å². The van der Waals surface area contributed by atoms with E-state index in [2.05, 4.69) is 45.2 Å². The zero-order valence-corrected chi connectivity index (χ0v) is 21.6. The van der Waals surface area contributed by atoms with E-state index < -0.39 is 0 Å². The molecule has 1 aromatic carbocycles. The van der Waals surface area contributed by atoms with Crippen LogP contribution in [0.25, 0.3) is 0 Å². The highest BCUT2D eigenvalue weighted by Crippen LogP contribution is 2.32. The lowest BCUT2D eigenvalue weighted by Gasteiger charge is -2.30. The molecule has 3 unspecified atom stereocenters. The van der Waals surface area contributed by atoms with Gasteiger partial charge in [0.05, 0.1) is 6.10 Å². The van der Waals surface area contributed by atoms with E-state index in [1.54, 1.807) is 0 Å². The van der Waals surface area contributed by atoms with Crippen molar-refractivity contribution in [3.8, 4) is 0 Å². The normalized spacial score (nSPS) is 25.3. The predicted molar refractivity (Wildman–Crippen MR) is 140 cm³/mol. The first-order valence-corrected chi connectivity index (χ1v) is 12.2. The number of benzene rings is 1. The second-order valence-corrected chi connectivity index (χ2v) is 9.29. The van der Waals surface area contributed by atoms with E-state index in [9.17, 15) is 4.79 Å². The third kappa shape index (κ3) is 7.33. The lowest BCUT2D eigenvalue weighted by atomic mass is 9.85. The van der Waals surface area contributed by atoms with Crippen molar-refractivity contribution >= 4 is 35.8 Å². The Morgan fingerprint density at radius 3 is 2.72 bits per heavy atom. The minimum atomic E-state index is 0. The Hall–Kier alpha value is -1.35. The van der Waals surface area contributed by atoms with Crippen LogP contribution in [0.2, 0.25) is 0 Å². The third-order valence-electron chi connectivity index (χ3n) is 6.78. The van der Waals surface area contributed by atoms with Gasteiger partial charge in [-0.1, -0.05) is 30.7 Å². The Morgan fingerprint density at radius 1 is 1.06 bits per heavy atom. The molecule has 0 heterocycles. The van der Waals surface area contributed by atoms with Gasteiger partial charge in [-0.3, -0.25) is 9.79 Å². The van der Waals surface area contributed by atoms with Gasteiger partial charge >= 0.3 is 0 Å². The number of hydrogen-bond acceptors (Lipinski definition) is 3. The van der Waals surface area contributed by atoms with Crippen LogP contribution in [0.1, 0.15) is 75.0 Å². The Labute approximate surface area is 209 Å². The number of carbonyl (C=O) groups excluding carboxylic acids is 1. The van der Waals surface area contributed by atoms with Crippen LogP contribution in [0.4, 0.5) is 0 Å². The SMILES string of the molecule is CN=C(NCCCOC1CCCc2ccccc21)NC1CCCC(C(=O)NC2CC2)C1.I. The molecule has 0 saturated heterocycles. The quantitative estimate of drug-likeness (QED) is 0.196. The molecule has 1 amide bonds. The number of ether oxygens (including phenoxy) is 1. The molecule has 3 aliphatic rings. The number of rotatable bonds is 8. The summed E-state index contributed by atoms with van der Waals surface area (Å²) in [5, 5.41) is 10.1. The number of aryl methyl sites for hydroxylation is 1. The number of aliphatic imine (C=N–C) groups is 1. The molecule has 0 bridgehead atoms. The highest BCUT2D eigenvalue weighted by atomic mass is 127. The van der Waals surface area contributed by atoms with E-state index in [1.807, 2.05) is 7.05 Å². The van der Waals surface area contributed by atoms with Crippen molar-refractivity contribution in [3.63, 3.8) is 0 Å². The molecule has 7 heteroatoms. The van der Waals surface area contributed by atoms with Gasteiger partial charge in [0.25, 0.3) is 0 Å². The molecule has 178 valence electrons. The number of carbonyl (C=O) groups is 1. The Morgan fingerprint density at radius 2 is 1.91 bits per heavy atom. The fourth-order valence-corrected chi connectivity index (χ4v) is 4.88. The van der Waals surface area contributed by atoms with Crippen molar-refractivity contribution in [2.24, 2.45) is 10.9 Å². The standard InChI is InChI=1S/C25H38N4O2.HI/c1-26-25(29-21-10-4-9-19(17-21)24(30)28-20-13-14-20)27-15-6-16-31-23-12-5-8-18-7-2-3-11-22(18)23;/h2-3,7,11,19-21,23H,4-6,8-10,12-17H2,1H3,(H,28,30)(H2,26,27,29);1H. The molecule has 4 rings (SSSR count). The van der Waals surface area contributed by atoms with E-state index in [0.29, 0.717) is 12.1 Å². The van der Waals surface area contributed by atoms with Gasteiger partial charge in [-0.25, -0.2) is 0 Å². The van der Waals surface area contributed by atoms with E-state index in [-0.39, 0.29) is 41.9 Å². The fraction of sp³-hybridized carbons (Fsp3) is 0.680. The molecule has 3 N–H and O–H groups in total. The van der Waals surface area contributed by atoms with Gasteiger partial charge in [0.2, 0.25) is 5.91 Å². The molecule has 0 radical (unpaired) electrons. The second kappa shape index (κ2) is 12.8. The van der Waals surface area contributed by atoms with Crippen molar-refractivity contribution in [2.75, 3.05) is 20.2 Å². The summed E-state index contributed by atoms with van der Waals surface area (Å²) < 4.78 is 6.21. The predicted octanol–water partition coefficient (Wildman–Crippen LogP) is 4.09. The maximum Gasteiger partial charge on any atom is 0.223 e. The van der Waals surface area contributed by atoms with Gasteiger partial charge in [-0.05, 0) is 68.9 Å². The van der Waals surface area contributed by atoms with E-state index in [0.717, 1.165) is 70.5 Å². The average Bonchev–Trinajstić information content (AvgIpc) is 3.62. The number of halogens is 1. The van der Waals surface area contributed by atoms with Gasteiger partial charge in [-0.2, -0.15) is 0 Å². The molecule has 1 aromatic rings. The summed E-state index contributed by atoms with van der Waals surface area (Å²) in [5.41, 5.74) is 2.81. The highest BCUT2D eigenvalue weighted by Gasteiger charge is 2.31. The number of fused-ring (bicyclic) bond motifs is 1. The molecule has 6 nitrogen and oxygen atoms in total. The van der Waals surface area contributed by atoms with Crippen LogP contribution in [0.15, 0.2) is 29.3 Å². The Balaban J connectivity index is 0.00000289. The summed E-state index contributed by atoms with van der Waals surface area (Å²) in [6, 6.07) is 9.43. The lowest BCUT2D eigenvalue weighted by molar-refractivity contribution is -0.126. The molecular weight excluding hydrogens is 515 g/mol. The van der Waals surface area contributed by atoms with Gasteiger partial charge < -0.3 is 20.7 Å². The van der Waals surface area contributed by atoms with Crippen LogP contribution in [0.3, 0.4) is 0 Å². The summed E-state index contributed by atoms with van der Waals surface area (Å²) in [6.07, 6.45) is 11.0. The summed E-state index contributed by atoms with van der Waals surface area (Å²) in [6.45, 7) is 1.57. The topological polar surface area (TPSA) is 74.8 Å². The lowest BCUT2D eigenvalue weighted by Crippen LogP contribution is -2.47. The molecule has 3 atom stereocenters. The first-order chi connectivity index (χ1) is 15.2. The smallest absolute Gasteiger partial charge is 0.223 e. The molecule has 2 saturated carbocycles. The average molecular weight is 555 g/mol. The number of guanidine groups is 1. The zero-order valence-electron chi connectivity index (χ0n) is 19.3. The van der Waals surface area contributed by atoms with Crippen molar-refractivity contribution in [1.82, 2.24) is 16.0 Å². The van der Waals surface area contributed by atoms with Crippen molar-refractivity contribution in [3.05, 3.63) is 35.4 Å². The number of nitrogens with one attached hydrogen (secondary N) is 3. The number of amides is 1. The van der Waals surface area contributed by atoms with Crippen LogP contribution in [0.5, 0.6) is 0 Å². The van der Waals surface area contributed by atoms with Gasteiger partial charge in [0, 0.05) is 38.2 Å². The molecule has 0 aliphatic heterocycles. The minimum Gasteiger partial charge on any atom is -0.373 e. The van der Waals surface area contributed by atoms with Crippen molar-refractivity contribution < 1.29 is 9.53 Å². The molecular formula is C25H39IN4O2. The van der Waals surface area contributed by atoms with Gasteiger partial charge in [-0.15, -0.1) is 24.0 Å². The fourth-order valence-electron chi connectivity index (χ4n) is 4.88. The van der Waals surface area contributed by atoms with Crippen LogP contribution in [0, 0.1) is 5.92 Å². The largest absolute Gasteiger partial charge is 0.373 e. The molecule has 3 aliphatic carbocycles. The van der Waals surface area contributed by atoms with Crippen LogP contribution in [-0.4, -0.2) is 44.1 Å². The van der Waals surface area contributed by atoms with E-state index in [1.165, 1.54) is 24.0 Å². The number of nitrogens with zero attached hydrogens (tertiary/aromatic N) is 1.